The van der Waals surface area contributed by atoms with Gasteiger partial charge in [0.1, 0.15) is 11.9 Å². The molecule has 1 aliphatic heterocycles. The first-order valence-electron chi connectivity index (χ1n) is 8.35. The summed E-state index contributed by atoms with van der Waals surface area (Å²) in [6, 6.07) is 2.31. The summed E-state index contributed by atoms with van der Waals surface area (Å²) in [7, 11) is 3.06. The maximum atomic E-state index is 12.3. The molecular weight excluding hydrogens is 292 g/mol. The fraction of sp³-hybridized carbons (Fsp3) is 0.706. The van der Waals surface area contributed by atoms with E-state index in [0.717, 1.165) is 43.2 Å². The molecule has 0 radical (unpaired) electrons. The van der Waals surface area contributed by atoms with E-state index in [1.54, 1.807) is 7.05 Å². The number of nitrogens with zero attached hydrogens (tertiary/aromatic N) is 4. The highest BCUT2D eigenvalue weighted by Crippen LogP contribution is 2.28. The SMILES string of the molecule is CC(C)CCC1CCCCN1c1c(C#N)c(=O)n(C)c(=O)n1C. The number of piperidine rings is 1. The van der Waals surface area contributed by atoms with Crippen molar-refractivity contribution in [1.29, 1.82) is 5.26 Å². The summed E-state index contributed by atoms with van der Waals surface area (Å²) < 4.78 is 2.46. The first-order chi connectivity index (χ1) is 10.9. The van der Waals surface area contributed by atoms with Crippen molar-refractivity contribution in [1.82, 2.24) is 9.13 Å². The average Bonchev–Trinajstić information content (AvgIpc) is 2.54. The Morgan fingerprint density at radius 2 is 1.91 bits per heavy atom. The van der Waals surface area contributed by atoms with Crippen LogP contribution in [0.25, 0.3) is 0 Å². The molecule has 1 saturated heterocycles. The summed E-state index contributed by atoms with van der Waals surface area (Å²) in [5.41, 5.74) is -0.804. The Balaban J connectivity index is 2.52. The minimum atomic E-state index is -0.501. The first kappa shape index (κ1) is 17.3. The van der Waals surface area contributed by atoms with Gasteiger partial charge in [-0.15, -0.1) is 0 Å². The van der Waals surface area contributed by atoms with Crippen LogP contribution in [-0.2, 0) is 14.1 Å². The van der Waals surface area contributed by atoms with Crippen molar-refractivity contribution in [3.63, 3.8) is 0 Å². The zero-order chi connectivity index (χ0) is 17.1. The maximum Gasteiger partial charge on any atom is 0.332 e. The van der Waals surface area contributed by atoms with Crippen LogP contribution in [0.4, 0.5) is 5.82 Å². The highest BCUT2D eigenvalue weighted by Gasteiger charge is 2.28. The number of nitriles is 1. The molecule has 6 nitrogen and oxygen atoms in total. The summed E-state index contributed by atoms with van der Waals surface area (Å²) in [5, 5.41) is 9.47. The topological polar surface area (TPSA) is 71.0 Å². The zero-order valence-corrected chi connectivity index (χ0v) is 14.5. The van der Waals surface area contributed by atoms with Crippen molar-refractivity contribution in [3.05, 3.63) is 26.4 Å². The molecule has 0 N–H and O–H groups in total. The number of rotatable bonds is 4. The smallest absolute Gasteiger partial charge is 0.332 e. The van der Waals surface area contributed by atoms with Crippen LogP contribution in [0.5, 0.6) is 0 Å². The maximum absolute atomic E-state index is 12.3. The van der Waals surface area contributed by atoms with Crippen molar-refractivity contribution >= 4 is 5.82 Å². The second-order valence-corrected chi connectivity index (χ2v) is 6.83. The summed E-state index contributed by atoms with van der Waals surface area (Å²) in [6.07, 6.45) is 5.33. The molecule has 2 rings (SSSR count). The molecular formula is C17H26N4O2. The van der Waals surface area contributed by atoms with Crippen molar-refractivity contribution in [2.24, 2.45) is 20.0 Å². The number of anilines is 1. The Morgan fingerprint density at radius 1 is 1.22 bits per heavy atom. The zero-order valence-electron chi connectivity index (χ0n) is 14.5. The number of hydrogen-bond donors (Lipinski definition) is 0. The van der Waals surface area contributed by atoms with E-state index in [1.165, 1.54) is 11.6 Å². The lowest BCUT2D eigenvalue weighted by Crippen LogP contribution is -2.47. The molecule has 1 fully saturated rings. The largest absolute Gasteiger partial charge is 0.354 e. The third kappa shape index (κ3) is 3.34. The fourth-order valence-electron chi connectivity index (χ4n) is 3.37. The third-order valence-electron chi connectivity index (χ3n) is 4.72. The van der Waals surface area contributed by atoms with E-state index in [4.69, 9.17) is 0 Å². The Morgan fingerprint density at radius 3 is 2.52 bits per heavy atom. The minimum Gasteiger partial charge on any atom is -0.354 e. The van der Waals surface area contributed by atoms with Crippen LogP contribution in [-0.4, -0.2) is 21.7 Å². The molecule has 0 amide bonds. The van der Waals surface area contributed by atoms with Crippen LogP contribution in [0.15, 0.2) is 9.59 Å². The van der Waals surface area contributed by atoms with Gasteiger partial charge in [-0.1, -0.05) is 13.8 Å². The van der Waals surface area contributed by atoms with Gasteiger partial charge in [0.25, 0.3) is 5.56 Å². The predicted octanol–water partition coefficient (Wildman–Crippen LogP) is 1.75. The highest BCUT2D eigenvalue weighted by molar-refractivity contribution is 5.54. The van der Waals surface area contributed by atoms with Gasteiger partial charge < -0.3 is 4.90 Å². The monoisotopic (exact) mass is 318 g/mol. The molecule has 1 aliphatic rings. The lowest BCUT2D eigenvalue weighted by molar-refractivity contribution is 0.397. The Labute approximate surface area is 137 Å². The molecule has 1 unspecified atom stereocenters. The molecule has 0 aromatic carbocycles. The fourth-order valence-corrected chi connectivity index (χ4v) is 3.37. The molecule has 0 aliphatic carbocycles. The van der Waals surface area contributed by atoms with E-state index in [-0.39, 0.29) is 17.3 Å². The summed E-state index contributed by atoms with van der Waals surface area (Å²) >= 11 is 0. The van der Waals surface area contributed by atoms with Crippen LogP contribution in [0.1, 0.15) is 51.5 Å². The van der Waals surface area contributed by atoms with Crippen LogP contribution in [0.2, 0.25) is 0 Å². The van der Waals surface area contributed by atoms with E-state index in [1.807, 2.05) is 6.07 Å². The standard InChI is InChI=1S/C17H26N4O2/c1-12(2)8-9-13-7-5-6-10-21(13)15-14(11-18)16(22)20(4)17(23)19(15)3/h12-13H,5-10H2,1-4H3. The van der Waals surface area contributed by atoms with Gasteiger partial charge >= 0.3 is 5.69 Å². The second kappa shape index (κ2) is 7.03. The van der Waals surface area contributed by atoms with E-state index in [2.05, 4.69) is 18.7 Å². The molecule has 1 atom stereocenters. The van der Waals surface area contributed by atoms with Gasteiger partial charge in [-0.2, -0.15) is 5.26 Å². The highest BCUT2D eigenvalue weighted by atomic mass is 16.2. The molecule has 2 heterocycles. The average molecular weight is 318 g/mol. The predicted molar refractivity (Wildman–Crippen MR) is 90.7 cm³/mol. The lowest BCUT2D eigenvalue weighted by Gasteiger charge is -2.39. The lowest BCUT2D eigenvalue weighted by atomic mass is 9.94. The normalized spacial score (nSPS) is 18.3. The molecule has 0 bridgehead atoms. The molecule has 1 aromatic heterocycles. The molecule has 23 heavy (non-hydrogen) atoms. The summed E-state index contributed by atoms with van der Waals surface area (Å²) in [4.78, 5) is 26.7. The number of aromatic nitrogens is 2. The van der Waals surface area contributed by atoms with E-state index in [9.17, 15) is 14.9 Å². The van der Waals surface area contributed by atoms with Crippen molar-refractivity contribution in [2.45, 2.75) is 52.0 Å². The van der Waals surface area contributed by atoms with Gasteiger partial charge in [0, 0.05) is 26.7 Å². The van der Waals surface area contributed by atoms with Gasteiger partial charge in [-0.3, -0.25) is 13.9 Å². The van der Waals surface area contributed by atoms with E-state index >= 15 is 0 Å². The Kier molecular flexibility index (Phi) is 5.30. The van der Waals surface area contributed by atoms with Crippen LogP contribution >= 0.6 is 0 Å². The second-order valence-electron chi connectivity index (χ2n) is 6.83. The molecule has 0 spiro atoms. The van der Waals surface area contributed by atoms with Gasteiger partial charge in [0.15, 0.2) is 5.56 Å². The molecule has 6 heteroatoms. The van der Waals surface area contributed by atoms with Crippen LogP contribution < -0.4 is 16.1 Å². The van der Waals surface area contributed by atoms with Crippen molar-refractivity contribution < 1.29 is 0 Å². The van der Waals surface area contributed by atoms with E-state index < -0.39 is 5.56 Å². The molecule has 126 valence electrons. The first-order valence-corrected chi connectivity index (χ1v) is 8.35. The third-order valence-corrected chi connectivity index (χ3v) is 4.72. The Bertz CT molecular complexity index is 724. The van der Waals surface area contributed by atoms with E-state index in [0.29, 0.717) is 11.7 Å². The van der Waals surface area contributed by atoms with Gasteiger partial charge in [0.2, 0.25) is 0 Å². The van der Waals surface area contributed by atoms with Gasteiger partial charge in [0.05, 0.1) is 0 Å². The molecule has 0 saturated carbocycles. The van der Waals surface area contributed by atoms with Crippen LogP contribution in [0, 0.1) is 17.2 Å². The minimum absolute atomic E-state index is 0.0750. The Hall–Kier alpha value is -2.03. The van der Waals surface area contributed by atoms with Crippen molar-refractivity contribution in [2.75, 3.05) is 11.4 Å². The number of hydrogen-bond acceptors (Lipinski definition) is 4. The van der Waals surface area contributed by atoms with Gasteiger partial charge in [-0.25, -0.2) is 4.79 Å². The summed E-state index contributed by atoms with van der Waals surface area (Å²) in [5.74, 6) is 1.11. The quantitative estimate of drug-likeness (QED) is 0.848. The van der Waals surface area contributed by atoms with Crippen LogP contribution in [0.3, 0.4) is 0 Å². The molecule has 1 aromatic rings. The van der Waals surface area contributed by atoms with Crippen molar-refractivity contribution in [3.8, 4) is 6.07 Å². The van der Waals surface area contributed by atoms with Gasteiger partial charge in [-0.05, 0) is 38.0 Å². The summed E-state index contributed by atoms with van der Waals surface area (Å²) in [6.45, 7) is 5.18.